The van der Waals surface area contributed by atoms with Gasteiger partial charge in [-0.1, -0.05) is 17.4 Å². The second-order valence-corrected chi connectivity index (χ2v) is 10.7. The molecule has 1 aromatic carbocycles. The van der Waals surface area contributed by atoms with Crippen LogP contribution in [0.1, 0.15) is 10.6 Å². The Bertz CT molecular complexity index is 1610. The Morgan fingerprint density at radius 2 is 1.85 bits per heavy atom. The number of ether oxygens (including phenoxy) is 3. The number of hydrogen-bond donors (Lipinski definition) is 2. The summed E-state index contributed by atoms with van der Waals surface area (Å²) in [5, 5.41) is 15.0. The molecule has 16 heteroatoms. The number of nitrogen functional groups attached to an aromatic ring is 1. The van der Waals surface area contributed by atoms with E-state index in [1.165, 1.54) is 31.2 Å². The van der Waals surface area contributed by atoms with Gasteiger partial charge in [0.2, 0.25) is 16.0 Å². The van der Waals surface area contributed by atoms with E-state index in [0.29, 0.717) is 41.1 Å². The van der Waals surface area contributed by atoms with Gasteiger partial charge in [-0.05, 0) is 18.2 Å². The Balaban J connectivity index is 1.49. The molecule has 14 nitrogen and oxygen atoms in total. The van der Waals surface area contributed by atoms with Crippen molar-refractivity contribution in [2.75, 3.05) is 56.5 Å². The smallest absolute Gasteiger partial charge is 0.379 e. The largest absolute Gasteiger partial charge is 0.496 e. The van der Waals surface area contributed by atoms with Gasteiger partial charge >= 0.3 is 5.63 Å². The van der Waals surface area contributed by atoms with E-state index in [1.54, 1.807) is 40.9 Å². The van der Waals surface area contributed by atoms with Crippen LogP contribution in [0.15, 0.2) is 45.7 Å². The molecular formula is C25H25N7O7S2. The summed E-state index contributed by atoms with van der Waals surface area (Å²) in [5.41, 5.74) is 5.37. The molecule has 1 fully saturated rings. The third-order valence-corrected chi connectivity index (χ3v) is 7.78. The average molecular weight is 600 g/mol. The lowest BCUT2D eigenvalue weighted by Gasteiger charge is -2.26. The second kappa shape index (κ2) is 12.3. The molecule has 2 amide bonds. The quantitative estimate of drug-likeness (QED) is 0.287. The number of nitrogens with two attached hydrogens (primary N) is 1. The van der Waals surface area contributed by atoms with Gasteiger partial charge in [0.25, 0.3) is 11.8 Å². The lowest BCUT2D eigenvalue weighted by atomic mass is 10.0. The number of carbonyl (C=O) groups excluding carboxylic acids is 2. The number of rotatable bonds is 9. The molecule has 0 atom stereocenters. The van der Waals surface area contributed by atoms with Gasteiger partial charge in [0.05, 0.1) is 26.0 Å². The molecule has 41 heavy (non-hydrogen) atoms. The van der Waals surface area contributed by atoms with Gasteiger partial charge in [0, 0.05) is 36.2 Å². The fourth-order valence-corrected chi connectivity index (χ4v) is 5.68. The van der Waals surface area contributed by atoms with Crippen molar-refractivity contribution in [1.82, 2.24) is 24.9 Å². The van der Waals surface area contributed by atoms with Gasteiger partial charge in [-0.2, -0.15) is 21.5 Å². The molecular weight excluding hydrogens is 574 g/mol. The van der Waals surface area contributed by atoms with E-state index >= 15 is 0 Å². The molecule has 1 aliphatic rings. The molecule has 0 aliphatic carbocycles. The summed E-state index contributed by atoms with van der Waals surface area (Å²) in [4.78, 5) is 40.9. The maximum Gasteiger partial charge on any atom is 0.379 e. The first-order valence-corrected chi connectivity index (χ1v) is 14.2. The average Bonchev–Trinajstić information content (AvgIpc) is 3.64. The maximum absolute atomic E-state index is 13.2. The van der Waals surface area contributed by atoms with Crippen molar-refractivity contribution in [3.63, 3.8) is 0 Å². The van der Waals surface area contributed by atoms with Crippen molar-refractivity contribution in [1.29, 1.82) is 0 Å². The number of hydrogen-bond acceptors (Lipinski definition) is 13. The lowest BCUT2D eigenvalue weighted by molar-refractivity contribution is -0.133. The highest BCUT2D eigenvalue weighted by atomic mass is 32.2. The maximum atomic E-state index is 13.2. The zero-order valence-corrected chi connectivity index (χ0v) is 23.6. The Hall–Kier alpha value is -4.57. The summed E-state index contributed by atoms with van der Waals surface area (Å²) < 4.78 is 23.5. The summed E-state index contributed by atoms with van der Waals surface area (Å²) in [6.45, 7) is 0.789. The van der Waals surface area contributed by atoms with Crippen LogP contribution >= 0.6 is 23.1 Å². The third-order valence-electron chi connectivity index (χ3n) is 6.02. The molecule has 4 aromatic rings. The van der Waals surface area contributed by atoms with Crippen LogP contribution in [0.25, 0.3) is 16.3 Å². The van der Waals surface area contributed by atoms with Gasteiger partial charge in [-0.15, -0.1) is 10.2 Å². The lowest BCUT2D eigenvalue weighted by Crippen LogP contribution is -2.40. The number of aromatic nitrogens is 4. The summed E-state index contributed by atoms with van der Waals surface area (Å²) in [5.74, 6) is 1.02. The van der Waals surface area contributed by atoms with E-state index in [0.717, 1.165) is 22.8 Å². The van der Waals surface area contributed by atoms with Gasteiger partial charge < -0.3 is 29.3 Å². The normalized spacial score (nSPS) is 13.1. The summed E-state index contributed by atoms with van der Waals surface area (Å²) in [6, 6.07) is 7.94. The van der Waals surface area contributed by atoms with Crippen LogP contribution < -0.4 is 30.9 Å². The van der Waals surface area contributed by atoms with Crippen LogP contribution in [-0.4, -0.2) is 82.1 Å². The first-order valence-electron chi connectivity index (χ1n) is 12.2. The molecule has 3 N–H and O–H groups in total. The molecule has 0 bridgehead atoms. The van der Waals surface area contributed by atoms with Crippen molar-refractivity contribution in [3.05, 3.63) is 52.7 Å². The van der Waals surface area contributed by atoms with E-state index in [-0.39, 0.29) is 28.1 Å². The molecule has 3 aromatic heterocycles. The molecule has 0 spiro atoms. The van der Waals surface area contributed by atoms with Crippen LogP contribution in [-0.2, 0) is 4.79 Å². The van der Waals surface area contributed by atoms with E-state index in [9.17, 15) is 14.4 Å². The molecule has 5 rings (SSSR count). The predicted octanol–water partition coefficient (Wildman–Crippen LogP) is 2.15. The zero-order chi connectivity index (χ0) is 28.9. The number of methoxy groups -OCH3 is 2. The SMILES string of the molecule is COc1cccc(OC)c1-c1cc(C(=O)Nc2nnc(-n3nccc3N)s2)oc(=O)c1OCC(=O)N1CCSCC1. The molecule has 1 saturated heterocycles. The number of nitrogens with zero attached hydrogens (tertiary/aromatic N) is 5. The molecule has 1 aliphatic heterocycles. The first kappa shape index (κ1) is 28.0. The number of nitrogens with one attached hydrogen (secondary N) is 1. The van der Waals surface area contributed by atoms with Crippen LogP contribution in [0.2, 0.25) is 0 Å². The van der Waals surface area contributed by atoms with Gasteiger partial charge in [0.15, 0.2) is 12.4 Å². The first-order chi connectivity index (χ1) is 19.9. The zero-order valence-electron chi connectivity index (χ0n) is 22.0. The number of carbonyl (C=O) groups is 2. The molecule has 0 unspecified atom stereocenters. The van der Waals surface area contributed by atoms with Gasteiger partial charge in [-0.3, -0.25) is 14.9 Å². The highest BCUT2D eigenvalue weighted by Crippen LogP contribution is 2.42. The minimum Gasteiger partial charge on any atom is -0.496 e. The number of anilines is 2. The van der Waals surface area contributed by atoms with E-state index in [1.807, 2.05) is 0 Å². The molecule has 0 saturated carbocycles. The predicted molar refractivity (Wildman–Crippen MR) is 152 cm³/mol. The number of amides is 2. The van der Waals surface area contributed by atoms with E-state index < -0.39 is 18.1 Å². The van der Waals surface area contributed by atoms with Crippen LogP contribution in [0.5, 0.6) is 17.2 Å². The minimum absolute atomic E-state index is 0.115. The summed E-state index contributed by atoms with van der Waals surface area (Å²) in [6.07, 6.45) is 1.50. The highest BCUT2D eigenvalue weighted by Gasteiger charge is 2.26. The summed E-state index contributed by atoms with van der Waals surface area (Å²) in [7, 11) is 2.91. The van der Waals surface area contributed by atoms with E-state index in [2.05, 4.69) is 20.6 Å². The molecule has 0 radical (unpaired) electrons. The Kier molecular flexibility index (Phi) is 8.39. The van der Waals surface area contributed by atoms with Crippen molar-refractivity contribution in [2.24, 2.45) is 0 Å². The van der Waals surface area contributed by atoms with Crippen LogP contribution in [0.3, 0.4) is 0 Å². The Morgan fingerprint density at radius 1 is 1.12 bits per heavy atom. The van der Waals surface area contributed by atoms with Crippen molar-refractivity contribution >= 4 is 45.9 Å². The standard InChI is InChI=1S/C25H25N7O7S2/c1-36-15-4-3-5-16(37-2)20(15)14-12-17(22(34)28-24-29-30-25(41-24)32-18(26)6-7-27-32)39-23(35)21(14)38-13-19(33)31-8-10-40-11-9-31/h3-7,12H,8-11,13,26H2,1-2H3,(H,28,29,34). The van der Waals surface area contributed by atoms with Gasteiger partial charge in [-0.25, -0.2) is 4.79 Å². The summed E-state index contributed by atoms with van der Waals surface area (Å²) >= 11 is 2.77. The van der Waals surface area contributed by atoms with Gasteiger partial charge in [0.1, 0.15) is 17.3 Å². The van der Waals surface area contributed by atoms with Crippen molar-refractivity contribution in [2.45, 2.75) is 0 Å². The fraction of sp³-hybridized carbons (Fsp3) is 0.280. The number of benzene rings is 1. The Labute approximate surface area is 241 Å². The van der Waals surface area contributed by atoms with Crippen LogP contribution in [0.4, 0.5) is 10.9 Å². The van der Waals surface area contributed by atoms with Crippen molar-refractivity contribution < 1.29 is 28.2 Å². The van der Waals surface area contributed by atoms with Crippen LogP contribution in [0, 0.1) is 0 Å². The second-order valence-electron chi connectivity index (χ2n) is 8.47. The van der Waals surface area contributed by atoms with Crippen molar-refractivity contribution in [3.8, 4) is 33.5 Å². The third kappa shape index (κ3) is 5.97. The topological polar surface area (TPSA) is 177 Å². The number of thioether (sulfide) groups is 1. The monoisotopic (exact) mass is 599 g/mol. The minimum atomic E-state index is -0.968. The molecule has 214 valence electrons. The van der Waals surface area contributed by atoms with E-state index in [4.69, 9.17) is 24.4 Å². The highest BCUT2D eigenvalue weighted by molar-refractivity contribution is 7.99. The fourth-order valence-electron chi connectivity index (χ4n) is 4.05. The Morgan fingerprint density at radius 3 is 2.51 bits per heavy atom. The molecule has 4 heterocycles.